The van der Waals surface area contributed by atoms with Gasteiger partial charge in [-0.15, -0.1) is 0 Å². The summed E-state index contributed by atoms with van der Waals surface area (Å²) in [5, 5.41) is 1.85. The minimum absolute atomic E-state index is 0.0596. The maximum Gasteiger partial charge on any atom is 0.307 e. The molecule has 5 heteroatoms. The SMILES string of the molecule is Cc1csc(=O)n1Cc1ccc(N)nc1. The maximum absolute atomic E-state index is 11.4. The van der Waals surface area contributed by atoms with Crippen molar-refractivity contribution in [3.05, 3.63) is 44.6 Å². The van der Waals surface area contributed by atoms with Crippen LogP contribution in [0.2, 0.25) is 0 Å². The van der Waals surface area contributed by atoms with E-state index in [1.54, 1.807) is 16.8 Å². The van der Waals surface area contributed by atoms with Gasteiger partial charge in [-0.3, -0.25) is 9.36 Å². The Morgan fingerprint density at radius 2 is 2.33 bits per heavy atom. The predicted molar refractivity (Wildman–Crippen MR) is 61.1 cm³/mol. The molecule has 0 unspecified atom stereocenters. The van der Waals surface area contributed by atoms with Gasteiger partial charge in [0.25, 0.3) is 0 Å². The quantitative estimate of drug-likeness (QED) is 0.830. The van der Waals surface area contributed by atoms with Crippen LogP contribution in [-0.4, -0.2) is 9.55 Å². The molecule has 0 saturated heterocycles. The smallest absolute Gasteiger partial charge is 0.307 e. The third-order valence-electron chi connectivity index (χ3n) is 2.16. The van der Waals surface area contributed by atoms with Gasteiger partial charge in [0.05, 0.1) is 6.54 Å². The summed E-state index contributed by atoms with van der Waals surface area (Å²) in [5.74, 6) is 0.494. The molecule has 0 atom stereocenters. The van der Waals surface area contributed by atoms with Gasteiger partial charge in [-0.05, 0) is 18.6 Å². The first-order chi connectivity index (χ1) is 7.16. The van der Waals surface area contributed by atoms with Gasteiger partial charge in [-0.25, -0.2) is 4.98 Å². The Hall–Kier alpha value is -1.62. The summed E-state index contributed by atoms with van der Waals surface area (Å²) in [6, 6.07) is 3.62. The van der Waals surface area contributed by atoms with E-state index in [4.69, 9.17) is 5.73 Å². The molecule has 15 heavy (non-hydrogen) atoms. The van der Waals surface area contributed by atoms with E-state index in [2.05, 4.69) is 4.98 Å². The third-order valence-corrected chi connectivity index (χ3v) is 3.05. The Morgan fingerprint density at radius 1 is 1.53 bits per heavy atom. The second kappa shape index (κ2) is 3.86. The van der Waals surface area contributed by atoms with Gasteiger partial charge in [0.2, 0.25) is 0 Å². The molecule has 0 aliphatic heterocycles. The lowest BCUT2D eigenvalue weighted by atomic mass is 10.3. The number of nitrogen functional groups attached to an aromatic ring is 1. The molecule has 0 spiro atoms. The van der Waals surface area contributed by atoms with E-state index in [1.165, 1.54) is 11.3 Å². The lowest BCUT2D eigenvalue weighted by Gasteiger charge is -2.04. The van der Waals surface area contributed by atoms with Crippen LogP contribution in [0.25, 0.3) is 0 Å². The Morgan fingerprint density at radius 3 is 2.87 bits per heavy atom. The van der Waals surface area contributed by atoms with Crippen molar-refractivity contribution in [2.75, 3.05) is 5.73 Å². The lowest BCUT2D eigenvalue weighted by Crippen LogP contribution is -2.15. The Labute approximate surface area is 91.0 Å². The largest absolute Gasteiger partial charge is 0.384 e. The number of thiazole rings is 1. The number of hydrogen-bond acceptors (Lipinski definition) is 4. The van der Waals surface area contributed by atoms with Gasteiger partial charge in [0, 0.05) is 17.3 Å². The van der Waals surface area contributed by atoms with Crippen LogP contribution in [0.4, 0.5) is 5.82 Å². The molecule has 0 aromatic carbocycles. The number of aromatic nitrogens is 2. The van der Waals surface area contributed by atoms with Crippen LogP contribution in [-0.2, 0) is 6.54 Å². The number of aryl methyl sites for hydroxylation is 1. The van der Waals surface area contributed by atoms with E-state index in [9.17, 15) is 4.79 Å². The molecule has 2 rings (SSSR count). The third kappa shape index (κ3) is 2.07. The van der Waals surface area contributed by atoms with Crippen LogP contribution in [0.5, 0.6) is 0 Å². The van der Waals surface area contributed by atoms with E-state index in [0.717, 1.165) is 11.3 Å². The van der Waals surface area contributed by atoms with Crippen LogP contribution in [0, 0.1) is 6.92 Å². The Bertz CT molecular complexity index is 512. The fourth-order valence-corrected chi connectivity index (χ4v) is 2.04. The van der Waals surface area contributed by atoms with Crippen molar-refractivity contribution in [2.45, 2.75) is 13.5 Å². The standard InChI is InChI=1S/C10H11N3OS/c1-7-6-15-10(14)13(7)5-8-2-3-9(11)12-4-8/h2-4,6H,5H2,1H3,(H2,11,12). The molecule has 2 aromatic rings. The van der Waals surface area contributed by atoms with E-state index in [1.807, 2.05) is 18.4 Å². The number of hydrogen-bond donors (Lipinski definition) is 1. The molecule has 2 heterocycles. The van der Waals surface area contributed by atoms with Gasteiger partial charge < -0.3 is 5.73 Å². The highest BCUT2D eigenvalue weighted by Gasteiger charge is 2.03. The first kappa shape index (κ1) is 9.92. The fraction of sp³-hybridized carbons (Fsp3) is 0.200. The highest BCUT2D eigenvalue weighted by atomic mass is 32.1. The summed E-state index contributed by atoms with van der Waals surface area (Å²) in [4.78, 5) is 15.5. The molecule has 0 saturated carbocycles. The zero-order valence-corrected chi connectivity index (χ0v) is 9.12. The zero-order chi connectivity index (χ0) is 10.8. The van der Waals surface area contributed by atoms with Gasteiger partial charge in [0.15, 0.2) is 0 Å². The number of nitrogens with two attached hydrogens (primary N) is 1. The normalized spacial score (nSPS) is 10.5. The highest BCUT2D eigenvalue weighted by molar-refractivity contribution is 7.07. The van der Waals surface area contributed by atoms with E-state index >= 15 is 0 Å². The summed E-state index contributed by atoms with van der Waals surface area (Å²) in [6.45, 7) is 2.48. The van der Waals surface area contributed by atoms with Gasteiger partial charge in [-0.2, -0.15) is 0 Å². The van der Waals surface area contributed by atoms with Gasteiger partial charge in [-0.1, -0.05) is 17.4 Å². The maximum atomic E-state index is 11.4. The van der Waals surface area contributed by atoms with Crippen molar-refractivity contribution in [1.29, 1.82) is 0 Å². The molecule has 4 nitrogen and oxygen atoms in total. The monoisotopic (exact) mass is 221 g/mol. The molecule has 0 radical (unpaired) electrons. The molecule has 78 valence electrons. The average Bonchev–Trinajstić information content (AvgIpc) is 2.53. The first-order valence-corrected chi connectivity index (χ1v) is 5.40. The van der Waals surface area contributed by atoms with Crippen molar-refractivity contribution in [1.82, 2.24) is 9.55 Å². The van der Waals surface area contributed by atoms with Crippen LogP contribution in [0.15, 0.2) is 28.5 Å². The fourth-order valence-electron chi connectivity index (χ4n) is 1.31. The molecule has 0 amide bonds. The topological polar surface area (TPSA) is 60.9 Å². The summed E-state index contributed by atoms with van der Waals surface area (Å²) in [6.07, 6.45) is 1.69. The summed E-state index contributed by atoms with van der Waals surface area (Å²) >= 11 is 1.22. The number of rotatable bonds is 2. The van der Waals surface area contributed by atoms with Gasteiger partial charge in [0.1, 0.15) is 5.82 Å². The Kier molecular flexibility index (Phi) is 2.55. The zero-order valence-electron chi connectivity index (χ0n) is 8.30. The predicted octanol–water partition coefficient (Wildman–Crippen LogP) is 1.24. The van der Waals surface area contributed by atoms with Crippen molar-refractivity contribution in [2.24, 2.45) is 0 Å². The molecular weight excluding hydrogens is 210 g/mol. The van der Waals surface area contributed by atoms with E-state index < -0.39 is 0 Å². The van der Waals surface area contributed by atoms with E-state index in [0.29, 0.717) is 12.4 Å². The number of anilines is 1. The first-order valence-electron chi connectivity index (χ1n) is 4.52. The van der Waals surface area contributed by atoms with Crippen LogP contribution in [0.3, 0.4) is 0 Å². The average molecular weight is 221 g/mol. The summed E-state index contributed by atoms with van der Waals surface area (Å²) in [7, 11) is 0. The minimum Gasteiger partial charge on any atom is -0.384 e. The highest BCUT2D eigenvalue weighted by Crippen LogP contribution is 2.06. The number of nitrogens with zero attached hydrogens (tertiary/aromatic N) is 2. The molecule has 0 bridgehead atoms. The lowest BCUT2D eigenvalue weighted by molar-refractivity contribution is 0.752. The van der Waals surface area contributed by atoms with Crippen molar-refractivity contribution in [3.8, 4) is 0 Å². The second-order valence-corrected chi connectivity index (χ2v) is 4.14. The molecule has 0 aliphatic rings. The summed E-state index contributed by atoms with van der Waals surface area (Å²) in [5.41, 5.74) is 7.44. The minimum atomic E-state index is 0.0596. The van der Waals surface area contributed by atoms with Crippen molar-refractivity contribution >= 4 is 17.2 Å². The number of pyridine rings is 1. The van der Waals surface area contributed by atoms with Crippen LogP contribution in [0.1, 0.15) is 11.3 Å². The van der Waals surface area contributed by atoms with Crippen molar-refractivity contribution < 1.29 is 0 Å². The second-order valence-electron chi connectivity index (χ2n) is 3.32. The summed E-state index contributed by atoms with van der Waals surface area (Å²) < 4.78 is 1.72. The molecule has 2 aromatic heterocycles. The van der Waals surface area contributed by atoms with E-state index in [-0.39, 0.29) is 4.87 Å². The van der Waals surface area contributed by atoms with Crippen LogP contribution >= 0.6 is 11.3 Å². The Balaban J connectivity index is 2.29. The molecule has 0 aliphatic carbocycles. The van der Waals surface area contributed by atoms with Crippen molar-refractivity contribution in [3.63, 3.8) is 0 Å². The molecule has 2 N–H and O–H groups in total. The van der Waals surface area contributed by atoms with Crippen LogP contribution < -0.4 is 10.6 Å². The molecular formula is C10H11N3OS. The van der Waals surface area contributed by atoms with Gasteiger partial charge >= 0.3 is 4.87 Å². The molecule has 0 fully saturated rings.